The quantitative estimate of drug-likeness (QED) is 0.599. The van der Waals surface area contributed by atoms with Crippen molar-refractivity contribution in [2.24, 2.45) is 40.4 Å². The van der Waals surface area contributed by atoms with Crippen molar-refractivity contribution in [2.45, 2.75) is 115 Å². The maximum absolute atomic E-state index is 13.3. The van der Waals surface area contributed by atoms with E-state index in [1.54, 1.807) is 6.08 Å². The first-order valence-electron chi connectivity index (χ1n) is 13.5. The van der Waals surface area contributed by atoms with E-state index >= 15 is 0 Å². The summed E-state index contributed by atoms with van der Waals surface area (Å²) in [6.07, 6.45) is 8.17. The van der Waals surface area contributed by atoms with Crippen LogP contribution in [0.1, 0.15) is 73.1 Å². The van der Waals surface area contributed by atoms with Gasteiger partial charge in [-0.15, -0.1) is 0 Å². The number of allylic oxidation sites excluding steroid dienone is 1. The third-order valence-corrected chi connectivity index (χ3v) is 12.7. The summed E-state index contributed by atoms with van der Waals surface area (Å²) in [5, 5.41) is 22.4. The lowest BCUT2D eigenvalue weighted by Gasteiger charge is -2.60. The topological polar surface area (TPSA) is 91.8 Å². The van der Waals surface area contributed by atoms with Crippen LogP contribution in [-0.4, -0.2) is 57.4 Å². The van der Waals surface area contributed by atoms with Crippen LogP contribution in [-0.2, 0) is 19.0 Å². The fraction of sp³-hybridized carbons (Fsp3) is 0.893. The van der Waals surface area contributed by atoms with Gasteiger partial charge >= 0.3 is 0 Å². The molecule has 14 atom stereocenters. The van der Waals surface area contributed by atoms with Crippen molar-refractivity contribution in [3.63, 3.8) is 0 Å². The Morgan fingerprint density at radius 1 is 1.09 bits per heavy atom. The van der Waals surface area contributed by atoms with E-state index in [2.05, 4.69) is 20.8 Å². The van der Waals surface area contributed by atoms with Gasteiger partial charge in [-0.05, 0) is 94.0 Å². The van der Waals surface area contributed by atoms with Gasteiger partial charge in [0.05, 0.1) is 17.6 Å². The van der Waals surface area contributed by atoms with Gasteiger partial charge in [-0.25, -0.2) is 0 Å². The molecule has 0 amide bonds. The fourth-order valence-corrected chi connectivity index (χ4v) is 10.2. The summed E-state index contributed by atoms with van der Waals surface area (Å²) >= 11 is 0. The van der Waals surface area contributed by atoms with E-state index in [0.29, 0.717) is 30.1 Å². The van der Waals surface area contributed by atoms with Crippen LogP contribution < -0.4 is 0 Å². The van der Waals surface area contributed by atoms with Gasteiger partial charge in [0.25, 0.3) is 0 Å². The highest BCUT2D eigenvalue weighted by Crippen LogP contribution is 2.72. The van der Waals surface area contributed by atoms with Crippen molar-refractivity contribution < 1.29 is 29.2 Å². The standard InChI is InChI=1S/C28H40O6/c1-14(18-13-25(3)27(5,34-25)23(30)32-18)15-8-9-16-20-17(10-12-24(15,16)2)26(4)19(29)7-6-11-28(26,31)22-21(20)33-22/h6-7,14-18,20-23,30-31H,8-13H2,1-5H3/t14-,15+,16-,17-,18+,20-,21-,22-,23?,24+,25-,26-,27+,28-/m0/s1. The second-order valence-corrected chi connectivity index (χ2v) is 13.7. The number of ketones is 1. The lowest BCUT2D eigenvalue weighted by molar-refractivity contribution is -0.205. The van der Waals surface area contributed by atoms with Gasteiger partial charge in [0, 0.05) is 6.42 Å². The van der Waals surface area contributed by atoms with Crippen LogP contribution >= 0.6 is 0 Å². The Morgan fingerprint density at radius 2 is 1.85 bits per heavy atom. The summed E-state index contributed by atoms with van der Waals surface area (Å²) in [4.78, 5) is 13.3. The highest BCUT2D eigenvalue weighted by atomic mass is 16.7. The van der Waals surface area contributed by atoms with Crippen LogP contribution in [0.25, 0.3) is 0 Å². The van der Waals surface area contributed by atoms with E-state index < -0.39 is 22.9 Å². The normalized spacial score (nSPS) is 64.3. The Hall–Kier alpha value is -0.790. The summed E-state index contributed by atoms with van der Waals surface area (Å²) in [5.74, 6) is 1.88. The van der Waals surface area contributed by atoms with Crippen molar-refractivity contribution in [1.29, 1.82) is 0 Å². The Labute approximate surface area is 202 Å². The van der Waals surface area contributed by atoms with Gasteiger partial charge in [0.1, 0.15) is 22.9 Å². The summed E-state index contributed by atoms with van der Waals surface area (Å²) in [6, 6.07) is 0. The number of hydrogen-bond acceptors (Lipinski definition) is 6. The molecule has 0 spiro atoms. The number of aliphatic hydroxyl groups excluding tert-OH is 1. The van der Waals surface area contributed by atoms with Crippen molar-refractivity contribution in [3.05, 3.63) is 12.2 Å². The monoisotopic (exact) mass is 472 g/mol. The molecule has 3 heterocycles. The van der Waals surface area contributed by atoms with Crippen molar-refractivity contribution in [1.82, 2.24) is 0 Å². The predicted molar refractivity (Wildman–Crippen MR) is 124 cm³/mol. The molecule has 2 N–H and O–H groups in total. The molecule has 0 aromatic rings. The lowest BCUT2D eigenvalue weighted by Crippen LogP contribution is -2.67. The average molecular weight is 473 g/mol. The van der Waals surface area contributed by atoms with Gasteiger partial charge in [0.2, 0.25) is 0 Å². The predicted octanol–water partition coefficient (Wildman–Crippen LogP) is 3.38. The van der Waals surface area contributed by atoms with Gasteiger partial charge in [-0.2, -0.15) is 0 Å². The molecule has 7 aliphatic rings. The zero-order valence-electron chi connectivity index (χ0n) is 21.1. The first-order chi connectivity index (χ1) is 15.9. The number of carbonyl (C=O) groups excluding carboxylic acids is 1. The van der Waals surface area contributed by atoms with E-state index in [0.717, 1.165) is 32.1 Å². The summed E-state index contributed by atoms with van der Waals surface area (Å²) in [5.41, 5.74) is -2.55. The maximum Gasteiger partial charge on any atom is 0.186 e. The molecule has 0 aromatic carbocycles. The van der Waals surface area contributed by atoms with E-state index in [1.807, 2.05) is 19.9 Å². The number of ether oxygens (including phenoxy) is 3. The molecule has 6 heteroatoms. The van der Waals surface area contributed by atoms with Crippen LogP contribution in [0.15, 0.2) is 12.2 Å². The maximum atomic E-state index is 13.3. The summed E-state index contributed by atoms with van der Waals surface area (Å²) in [7, 11) is 0. The highest BCUT2D eigenvalue weighted by molar-refractivity contribution is 5.97. The van der Waals surface area contributed by atoms with Crippen molar-refractivity contribution >= 4 is 5.78 Å². The SMILES string of the molecule is C[C@@H]([C@H]1CC[C@H]2[C@@H]3[C@@H]4O[C@@H]4[C@@]4(O)CC=CC(=O)[C@]4(C)[C@H]3CC[C@]12C)[C@H]1C[C@]2(C)O[C@]2(C)C(O)O1. The molecule has 3 saturated carbocycles. The second-order valence-electron chi connectivity index (χ2n) is 13.7. The minimum atomic E-state index is -1.07. The van der Waals surface area contributed by atoms with Gasteiger partial charge < -0.3 is 24.4 Å². The number of fused-ring (bicyclic) bond motifs is 9. The Morgan fingerprint density at radius 3 is 2.59 bits per heavy atom. The smallest absolute Gasteiger partial charge is 0.186 e. The molecule has 3 aliphatic heterocycles. The molecule has 34 heavy (non-hydrogen) atoms. The Kier molecular flexibility index (Phi) is 4.20. The van der Waals surface area contributed by atoms with Crippen LogP contribution in [0.5, 0.6) is 0 Å². The molecule has 6 nitrogen and oxygen atoms in total. The highest BCUT2D eigenvalue weighted by Gasteiger charge is 2.78. The first-order valence-corrected chi connectivity index (χ1v) is 13.5. The van der Waals surface area contributed by atoms with Crippen LogP contribution in [0.2, 0.25) is 0 Å². The first kappa shape index (κ1) is 22.4. The Bertz CT molecular complexity index is 980. The van der Waals surface area contributed by atoms with Crippen LogP contribution in [0.4, 0.5) is 0 Å². The molecule has 0 bridgehead atoms. The molecule has 0 radical (unpaired) electrons. The van der Waals surface area contributed by atoms with Crippen LogP contribution in [0.3, 0.4) is 0 Å². The van der Waals surface area contributed by atoms with Crippen LogP contribution in [0, 0.1) is 40.4 Å². The van der Waals surface area contributed by atoms with E-state index in [9.17, 15) is 15.0 Å². The fourth-order valence-electron chi connectivity index (χ4n) is 10.2. The second kappa shape index (κ2) is 6.36. The Balaban J connectivity index is 1.18. The van der Waals surface area contributed by atoms with E-state index in [1.165, 1.54) is 0 Å². The molecule has 3 saturated heterocycles. The van der Waals surface area contributed by atoms with Gasteiger partial charge in [0.15, 0.2) is 12.1 Å². The molecule has 7 rings (SSSR count). The lowest BCUT2D eigenvalue weighted by atomic mass is 9.43. The van der Waals surface area contributed by atoms with Gasteiger partial charge in [-0.3, -0.25) is 4.79 Å². The molecule has 6 fully saturated rings. The number of rotatable bonds is 2. The molecule has 0 aromatic heterocycles. The van der Waals surface area contributed by atoms with Gasteiger partial charge in [-0.1, -0.05) is 19.9 Å². The summed E-state index contributed by atoms with van der Waals surface area (Å²) in [6.45, 7) is 10.8. The number of aliphatic hydroxyl groups is 2. The molecule has 4 aliphatic carbocycles. The van der Waals surface area contributed by atoms with E-state index in [-0.39, 0.29) is 41.0 Å². The average Bonchev–Trinajstić information content (AvgIpc) is 3.64. The minimum Gasteiger partial charge on any atom is -0.386 e. The third kappa shape index (κ3) is 2.35. The largest absolute Gasteiger partial charge is 0.386 e. The number of carbonyl (C=O) groups is 1. The zero-order valence-corrected chi connectivity index (χ0v) is 21.1. The minimum absolute atomic E-state index is 0.0159. The molecular formula is C28H40O6. The molecular weight excluding hydrogens is 432 g/mol. The van der Waals surface area contributed by atoms with Crippen molar-refractivity contribution in [3.8, 4) is 0 Å². The third-order valence-electron chi connectivity index (χ3n) is 12.7. The summed E-state index contributed by atoms with van der Waals surface area (Å²) < 4.78 is 18.4. The van der Waals surface area contributed by atoms with Crippen molar-refractivity contribution in [2.75, 3.05) is 0 Å². The molecule has 1 unspecified atom stereocenters. The number of hydrogen-bond donors (Lipinski definition) is 2. The zero-order chi connectivity index (χ0) is 24.1. The number of epoxide rings is 2. The van der Waals surface area contributed by atoms with E-state index in [4.69, 9.17) is 14.2 Å². The molecule has 188 valence electrons.